The number of carbonyl (C=O) groups excluding carboxylic acids is 3. The third-order valence-electron chi connectivity index (χ3n) is 9.15. The van der Waals surface area contributed by atoms with Crippen LogP contribution in [0.4, 0.5) is 4.79 Å². The van der Waals surface area contributed by atoms with Crippen molar-refractivity contribution in [3.8, 4) is 0 Å². The average molecular weight is 595 g/mol. The molecule has 10 heteroatoms. The van der Waals surface area contributed by atoms with Gasteiger partial charge in [-0.1, -0.05) is 27.7 Å². The molecule has 0 saturated carbocycles. The van der Waals surface area contributed by atoms with E-state index < -0.39 is 5.60 Å². The van der Waals surface area contributed by atoms with E-state index in [2.05, 4.69) is 43.2 Å². The van der Waals surface area contributed by atoms with Gasteiger partial charge in [0.25, 0.3) is 0 Å². The number of hydrogen-bond donors (Lipinski definition) is 2. The van der Waals surface area contributed by atoms with Crippen LogP contribution in [-0.2, 0) is 23.8 Å². The molecule has 0 spiro atoms. The fourth-order valence-corrected chi connectivity index (χ4v) is 6.58. The molecule has 3 fully saturated rings. The van der Waals surface area contributed by atoms with Gasteiger partial charge in [0.05, 0.1) is 31.2 Å². The Labute approximate surface area is 253 Å². The van der Waals surface area contributed by atoms with Crippen molar-refractivity contribution in [1.29, 1.82) is 0 Å². The van der Waals surface area contributed by atoms with Gasteiger partial charge >= 0.3 is 6.09 Å². The van der Waals surface area contributed by atoms with Gasteiger partial charge in [-0.15, -0.1) is 0 Å². The summed E-state index contributed by atoms with van der Waals surface area (Å²) in [7, 11) is 0. The topological polar surface area (TPSA) is 109 Å². The van der Waals surface area contributed by atoms with Crippen molar-refractivity contribution >= 4 is 17.9 Å². The first-order valence-corrected chi connectivity index (χ1v) is 16.3. The van der Waals surface area contributed by atoms with E-state index in [1.807, 2.05) is 27.7 Å². The van der Waals surface area contributed by atoms with Crippen LogP contribution in [0.15, 0.2) is 0 Å². The highest BCUT2D eigenvalue weighted by Gasteiger charge is 2.38. The zero-order valence-corrected chi connectivity index (χ0v) is 27.4. The van der Waals surface area contributed by atoms with Gasteiger partial charge in [0.1, 0.15) is 5.60 Å². The molecule has 10 nitrogen and oxygen atoms in total. The Bertz CT molecular complexity index is 883. The van der Waals surface area contributed by atoms with Gasteiger partial charge in [0.2, 0.25) is 11.8 Å². The minimum atomic E-state index is -0.531. The minimum absolute atomic E-state index is 0.00445. The average Bonchev–Trinajstić information content (AvgIpc) is 2.89. The molecule has 0 bridgehead atoms. The van der Waals surface area contributed by atoms with E-state index >= 15 is 0 Å². The quantitative estimate of drug-likeness (QED) is 0.334. The van der Waals surface area contributed by atoms with Crippen molar-refractivity contribution in [3.63, 3.8) is 0 Å². The Balaban J connectivity index is 1.64. The predicted octanol–water partition coefficient (Wildman–Crippen LogP) is 3.82. The second kappa shape index (κ2) is 15.7. The van der Waals surface area contributed by atoms with Crippen LogP contribution in [0.2, 0.25) is 0 Å². The van der Waals surface area contributed by atoms with E-state index in [-0.39, 0.29) is 59.8 Å². The molecule has 3 rings (SSSR count). The second-order valence-electron chi connectivity index (χ2n) is 13.9. The summed E-state index contributed by atoms with van der Waals surface area (Å²) in [5.74, 6) is -0.142. The lowest BCUT2D eigenvalue weighted by molar-refractivity contribution is -0.133. The monoisotopic (exact) mass is 594 g/mol. The molecule has 0 aromatic carbocycles. The van der Waals surface area contributed by atoms with Crippen LogP contribution < -0.4 is 10.6 Å². The van der Waals surface area contributed by atoms with Gasteiger partial charge in [-0.05, 0) is 78.2 Å². The van der Waals surface area contributed by atoms with Crippen LogP contribution in [0.1, 0.15) is 87.5 Å². The zero-order valence-electron chi connectivity index (χ0n) is 27.4. The smallest absolute Gasteiger partial charge is 0.410 e. The molecule has 3 amide bonds. The van der Waals surface area contributed by atoms with Crippen LogP contribution in [0.5, 0.6) is 0 Å². The first kappa shape index (κ1) is 34.6. The third kappa shape index (κ3) is 10.1. The van der Waals surface area contributed by atoms with Gasteiger partial charge < -0.3 is 34.6 Å². The molecule has 3 saturated heterocycles. The summed E-state index contributed by atoms with van der Waals surface area (Å²) in [5.41, 5.74) is -0.531. The Morgan fingerprint density at radius 3 is 2.40 bits per heavy atom. The highest BCUT2D eigenvalue weighted by Crippen LogP contribution is 2.28. The number of amides is 3. The Kier molecular flexibility index (Phi) is 12.9. The molecule has 6 atom stereocenters. The second-order valence-corrected chi connectivity index (χ2v) is 13.9. The number of carbonyl (C=O) groups is 3. The van der Waals surface area contributed by atoms with Gasteiger partial charge in [0, 0.05) is 44.3 Å². The van der Waals surface area contributed by atoms with E-state index in [1.165, 1.54) is 0 Å². The number of nitrogens with zero attached hydrogens (tertiary/aromatic N) is 2. The van der Waals surface area contributed by atoms with E-state index in [1.54, 1.807) is 4.90 Å². The molecule has 3 aliphatic rings. The lowest BCUT2D eigenvalue weighted by Crippen LogP contribution is -2.57. The summed E-state index contributed by atoms with van der Waals surface area (Å²) < 4.78 is 17.5. The number of likely N-dealkylation sites (tertiary alicyclic amines) is 1. The Morgan fingerprint density at radius 2 is 1.83 bits per heavy atom. The molecule has 0 aromatic rings. The molecule has 0 radical (unpaired) electrons. The molecule has 3 heterocycles. The number of rotatable bonds is 13. The standard InChI is InChI=1S/C32H58N4O6/c1-9-25(41-26-19-36(20-26)31(39)42-32(6,7)8)16-27(22(4)18-35(10-2)24-11-13-40-14-12-24)29(37)33-17-28-21(3)15-23(5)34-30(28)38/h21-28H,9-20H2,1-8H3,(H,33,37)(H,34,38). The van der Waals surface area contributed by atoms with Crippen molar-refractivity contribution in [1.82, 2.24) is 20.4 Å². The third-order valence-corrected chi connectivity index (χ3v) is 9.15. The van der Waals surface area contributed by atoms with Crippen molar-refractivity contribution in [2.45, 2.75) is 117 Å². The van der Waals surface area contributed by atoms with Crippen molar-refractivity contribution in [2.75, 3.05) is 45.9 Å². The molecule has 42 heavy (non-hydrogen) atoms. The van der Waals surface area contributed by atoms with E-state index in [9.17, 15) is 14.4 Å². The molecule has 0 aliphatic carbocycles. The van der Waals surface area contributed by atoms with Gasteiger partial charge in [-0.2, -0.15) is 0 Å². The molecular weight excluding hydrogens is 536 g/mol. The number of piperidine rings is 1. The largest absolute Gasteiger partial charge is 0.444 e. The zero-order chi connectivity index (χ0) is 31.0. The molecule has 6 unspecified atom stereocenters. The molecular formula is C32H58N4O6. The molecule has 3 aliphatic heterocycles. The van der Waals surface area contributed by atoms with Gasteiger partial charge in [-0.3, -0.25) is 9.59 Å². The Morgan fingerprint density at radius 1 is 1.17 bits per heavy atom. The molecule has 0 aromatic heterocycles. The number of hydrogen-bond acceptors (Lipinski definition) is 7. The first-order chi connectivity index (χ1) is 19.8. The highest BCUT2D eigenvalue weighted by atomic mass is 16.6. The summed E-state index contributed by atoms with van der Waals surface area (Å²) in [6.45, 7) is 20.8. The van der Waals surface area contributed by atoms with Crippen LogP contribution in [0, 0.1) is 23.7 Å². The summed E-state index contributed by atoms with van der Waals surface area (Å²) in [6.07, 6.45) is 3.83. The maximum Gasteiger partial charge on any atom is 0.410 e. The van der Waals surface area contributed by atoms with Crippen molar-refractivity contribution in [2.24, 2.45) is 23.7 Å². The van der Waals surface area contributed by atoms with E-state index in [4.69, 9.17) is 14.2 Å². The van der Waals surface area contributed by atoms with Crippen LogP contribution >= 0.6 is 0 Å². The predicted molar refractivity (Wildman–Crippen MR) is 163 cm³/mol. The van der Waals surface area contributed by atoms with Gasteiger partial charge in [-0.25, -0.2) is 4.79 Å². The van der Waals surface area contributed by atoms with Crippen molar-refractivity contribution < 1.29 is 28.6 Å². The van der Waals surface area contributed by atoms with Gasteiger partial charge in [0.15, 0.2) is 0 Å². The summed E-state index contributed by atoms with van der Waals surface area (Å²) in [6, 6.07) is 0.633. The fraction of sp³-hybridized carbons (Fsp3) is 0.906. The summed E-state index contributed by atoms with van der Waals surface area (Å²) in [4.78, 5) is 43.1. The maximum atomic E-state index is 13.8. The Hall–Kier alpha value is -1.91. The summed E-state index contributed by atoms with van der Waals surface area (Å²) >= 11 is 0. The fourth-order valence-electron chi connectivity index (χ4n) is 6.58. The summed E-state index contributed by atoms with van der Waals surface area (Å²) in [5, 5.41) is 6.21. The maximum absolute atomic E-state index is 13.8. The van der Waals surface area contributed by atoms with Crippen LogP contribution in [0.3, 0.4) is 0 Å². The molecule has 242 valence electrons. The molecule has 2 N–H and O–H groups in total. The van der Waals surface area contributed by atoms with Crippen LogP contribution in [0.25, 0.3) is 0 Å². The van der Waals surface area contributed by atoms with E-state index in [0.29, 0.717) is 32.1 Å². The van der Waals surface area contributed by atoms with Crippen LogP contribution in [-0.4, -0.2) is 104 Å². The van der Waals surface area contributed by atoms with Crippen molar-refractivity contribution in [3.05, 3.63) is 0 Å². The minimum Gasteiger partial charge on any atom is -0.444 e. The first-order valence-electron chi connectivity index (χ1n) is 16.3. The SMILES string of the molecule is CCC(CC(C(=O)NCC1C(=O)NC(C)CC1C)C(C)CN(CC)C1CCOCC1)OC1CN(C(=O)OC(C)(C)C)C1. The van der Waals surface area contributed by atoms with E-state index in [0.717, 1.165) is 52.0 Å². The lowest BCUT2D eigenvalue weighted by Gasteiger charge is -2.42. The highest BCUT2D eigenvalue weighted by molar-refractivity contribution is 5.82. The normalized spacial score (nSPS) is 26.3. The lowest BCUT2D eigenvalue weighted by atomic mass is 9.83. The number of ether oxygens (including phenoxy) is 3. The number of nitrogens with one attached hydrogen (secondary N) is 2.